The van der Waals surface area contributed by atoms with E-state index in [9.17, 15) is 4.79 Å². The molecule has 0 spiro atoms. The first-order valence-electron chi connectivity index (χ1n) is 6.92. The molecule has 0 amide bonds. The Balaban J connectivity index is 2.10. The van der Waals surface area contributed by atoms with E-state index in [0.717, 1.165) is 27.7 Å². The first kappa shape index (κ1) is 13.5. The van der Waals surface area contributed by atoms with Crippen LogP contribution in [-0.4, -0.2) is 9.55 Å². The van der Waals surface area contributed by atoms with Gasteiger partial charge >= 0.3 is 0 Å². The van der Waals surface area contributed by atoms with Crippen LogP contribution in [0.25, 0.3) is 11.0 Å². The number of hydrogen-bond acceptors (Lipinski definition) is 3. The molecule has 21 heavy (non-hydrogen) atoms. The van der Waals surface area contributed by atoms with Crippen molar-refractivity contribution in [1.29, 1.82) is 0 Å². The van der Waals surface area contributed by atoms with Crippen molar-refractivity contribution in [3.8, 4) is 0 Å². The Bertz CT molecular complexity index is 852. The Hall–Kier alpha value is -2.46. The van der Waals surface area contributed by atoms with Crippen molar-refractivity contribution in [3.05, 3.63) is 75.7 Å². The minimum absolute atomic E-state index is 0.0870. The van der Waals surface area contributed by atoms with E-state index in [1.165, 1.54) is 6.20 Å². The molecule has 0 bridgehead atoms. The van der Waals surface area contributed by atoms with Crippen LogP contribution < -0.4 is 11.3 Å². The Morgan fingerprint density at radius 3 is 2.76 bits per heavy atom. The molecule has 106 valence electrons. The number of fused-ring (bicyclic) bond motifs is 1. The molecular weight excluding hydrogens is 262 g/mol. The molecule has 0 saturated carbocycles. The molecule has 0 unspecified atom stereocenters. The van der Waals surface area contributed by atoms with Crippen LogP contribution in [0.5, 0.6) is 0 Å². The minimum atomic E-state index is -0.0870. The summed E-state index contributed by atoms with van der Waals surface area (Å²) in [5, 5.41) is 0. The topological polar surface area (TPSA) is 60.9 Å². The maximum absolute atomic E-state index is 12.2. The number of aryl methyl sites for hydroxylation is 1. The van der Waals surface area contributed by atoms with Gasteiger partial charge in [0.25, 0.3) is 5.56 Å². The van der Waals surface area contributed by atoms with Crippen molar-refractivity contribution in [1.82, 2.24) is 9.55 Å². The molecule has 1 aromatic heterocycles. The summed E-state index contributed by atoms with van der Waals surface area (Å²) >= 11 is 0. The second-order valence-electron chi connectivity index (χ2n) is 5.14. The molecule has 4 heteroatoms. The number of para-hydroxylation sites is 2. The summed E-state index contributed by atoms with van der Waals surface area (Å²) in [5.41, 5.74) is 10.6. The van der Waals surface area contributed by atoms with Gasteiger partial charge in [-0.2, -0.15) is 0 Å². The standard InChI is InChI=1S/C17H17N3O/c1-12-8-13(9-18)6-7-14(12)11-20-16-5-3-2-4-15(16)19-10-17(20)21/h2-8,10H,9,11,18H2,1H3. The van der Waals surface area contributed by atoms with Crippen molar-refractivity contribution in [3.63, 3.8) is 0 Å². The van der Waals surface area contributed by atoms with Gasteiger partial charge in [-0.3, -0.25) is 4.79 Å². The maximum atomic E-state index is 12.2. The van der Waals surface area contributed by atoms with Gasteiger partial charge in [0.15, 0.2) is 0 Å². The molecular formula is C17H17N3O. The van der Waals surface area contributed by atoms with E-state index in [0.29, 0.717) is 13.1 Å². The highest BCUT2D eigenvalue weighted by Gasteiger charge is 2.06. The van der Waals surface area contributed by atoms with Crippen molar-refractivity contribution < 1.29 is 0 Å². The second kappa shape index (κ2) is 5.50. The van der Waals surface area contributed by atoms with E-state index >= 15 is 0 Å². The number of hydrogen-bond donors (Lipinski definition) is 1. The molecule has 2 N–H and O–H groups in total. The van der Waals surface area contributed by atoms with Gasteiger partial charge in [-0.25, -0.2) is 4.98 Å². The van der Waals surface area contributed by atoms with Crippen LogP contribution in [0.1, 0.15) is 16.7 Å². The molecule has 0 aliphatic rings. The summed E-state index contributed by atoms with van der Waals surface area (Å²) in [6.07, 6.45) is 1.38. The van der Waals surface area contributed by atoms with Gasteiger partial charge in [0.05, 0.1) is 23.8 Å². The zero-order valence-electron chi connectivity index (χ0n) is 11.9. The Morgan fingerprint density at radius 2 is 2.00 bits per heavy atom. The molecule has 0 fully saturated rings. The highest BCUT2D eigenvalue weighted by molar-refractivity contribution is 5.74. The summed E-state index contributed by atoms with van der Waals surface area (Å²) in [6.45, 7) is 3.11. The van der Waals surface area contributed by atoms with E-state index in [1.54, 1.807) is 4.57 Å². The summed E-state index contributed by atoms with van der Waals surface area (Å²) in [4.78, 5) is 16.3. The highest BCUT2D eigenvalue weighted by Crippen LogP contribution is 2.15. The lowest BCUT2D eigenvalue weighted by Crippen LogP contribution is -2.21. The fourth-order valence-corrected chi connectivity index (χ4v) is 2.51. The first-order valence-corrected chi connectivity index (χ1v) is 6.92. The highest BCUT2D eigenvalue weighted by atomic mass is 16.1. The summed E-state index contributed by atoms with van der Waals surface area (Å²) < 4.78 is 1.76. The quantitative estimate of drug-likeness (QED) is 0.799. The molecule has 0 aliphatic heterocycles. The zero-order valence-corrected chi connectivity index (χ0v) is 11.9. The molecule has 4 nitrogen and oxygen atoms in total. The first-order chi connectivity index (χ1) is 10.2. The average molecular weight is 279 g/mol. The molecule has 0 saturated heterocycles. The van der Waals surface area contributed by atoms with Crippen molar-refractivity contribution >= 4 is 11.0 Å². The molecule has 1 heterocycles. The smallest absolute Gasteiger partial charge is 0.269 e. The number of rotatable bonds is 3. The van der Waals surface area contributed by atoms with Crippen molar-refractivity contribution in [2.75, 3.05) is 0 Å². The number of benzene rings is 2. The van der Waals surface area contributed by atoms with E-state index < -0.39 is 0 Å². The van der Waals surface area contributed by atoms with Crippen LogP contribution in [0.4, 0.5) is 0 Å². The second-order valence-corrected chi connectivity index (χ2v) is 5.14. The van der Waals surface area contributed by atoms with Gasteiger partial charge in [-0.15, -0.1) is 0 Å². The predicted molar refractivity (Wildman–Crippen MR) is 84.2 cm³/mol. The molecule has 0 atom stereocenters. The SMILES string of the molecule is Cc1cc(CN)ccc1Cn1c(=O)cnc2ccccc21. The average Bonchev–Trinajstić information content (AvgIpc) is 2.51. The lowest BCUT2D eigenvalue weighted by atomic mass is 10.0. The van der Waals surface area contributed by atoms with Crippen LogP contribution in [-0.2, 0) is 13.1 Å². The molecule has 0 radical (unpaired) electrons. The molecule has 2 aromatic carbocycles. The summed E-state index contributed by atoms with van der Waals surface area (Å²) in [6, 6.07) is 13.8. The van der Waals surface area contributed by atoms with Crippen LogP contribution in [0.15, 0.2) is 53.5 Å². The largest absolute Gasteiger partial charge is 0.326 e. The number of nitrogens with two attached hydrogens (primary N) is 1. The Labute approximate surface area is 122 Å². The van der Waals surface area contributed by atoms with Crippen LogP contribution in [0.3, 0.4) is 0 Å². The van der Waals surface area contributed by atoms with Crippen LogP contribution in [0, 0.1) is 6.92 Å². The fraction of sp³-hybridized carbons (Fsp3) is 0.176. The van der Waals surface area contributed by atoms with Gasteiger partial charge in [0.1, 0.15) is 0 Å². The Morgan fingerprint density at radius 1 is 1.19 bits per heavy atom. The lowest BCUT2D eigenvalue weighted by Gasteiger charge is -2.12. The third kappa shape index (κ3) is 2.58. The van der Waals surface area contributed by atoms with Crippen molar-refractivity contribution in [2.24, 2.45) is 5.73 Å². The third-order valence-electron chi connectivity index (χ3n) is 3.72. The lowest BCUT2D eigenvalue weighted by molar-refractivity contribution is 0.781. The Kier molecular flexibility index (Phi) is 3.54. The van der Waals surface area contributed by atoms with Crippen molar-refractivity contribution in [2.45, 2.75) is 20.0 Å². The van der Waals surface area contributed by atoms with Gasteiger partial charge in [-0.05, 0) is 35.7 Å². The summed E-state index contributed by atoms with van der Waals surface area (Å²) in [7, 11) is 0. The predicted octanol–water partition coefficient (Wildman–Crippen LogP) is 2.21. The fourth-order valence-electron chi connectivity index (χ4n) is 2.51. The minimum Gasteiger partial charge on any atom is -0.326 e. The maximum Gasteiger partial charge on any atom is 0.269 e. The van der Waals surface area contributed by atoms with Gasteiger partial charge in [0.2, 0.25) is 0 Å². The number of nitrogens with zero attached hydrogens (tertiary/aromatic N) is 2. The molecule has 3 rings (SSSR count). The molecule has 3 aromatic rings. The summed E-state index contributed by atoms with van der Waals surface area (Å²) in [5.74, 6) is 0. The van der Waals surface area contributed by atoms with Gasteiger partial charge in [-0.1, -0.05) is 30.3 Å². The van der Waals surface area contributed by atoms with Gasteiger partial charge in [0, 0.05) is 6.54 Å². The third-order valence-corrected chi connectivity index (χ3v) is 3.72. The van der Waals surface area contributed by atoms with E-state index in [-0.39, 0.29) is 5.56 Å². The van der Waals surface area contributed by atoms with Gasteiger partial charge < -0.3 is 10.3 Å². The number of aromatic nitrogens is 2. The molecule has 0 aliphatic carbocycles. The normalized spacial score (nSPS) is 11.0. The van der Waals surface area contributed by atoms with E-state index in [1.807, 2.05) is 43.3 Å². The van der Waals surface area contributed by atoms with E-state index in [4.69, 9.17) is 5.73 Å². The van der Waals surface area contributed by atoms with Crippen LogP contribution in [0.2, 0.25) is 0 Å². The zero-order chi connectivity index (χ0) is 14.8. The monoisotopic (exact) mass is 279 g/mol. The van der Waals surface area contributed by atoms with E-state index in [2.05, 4.69) is 11.1 Å². The van der Waals surface area contributed by atoms with Crippen LogP contribution >= 0.6 is 0 Å².